The molecule has 0 unspecified atom stereocenters. The highest BCUT2D eigenvalue weighted by Gasteiger charge is 2.18. The van der Waals surface area contributed by atoms with Gasteiger partial charge in [-0.05, 0) is 25.1 Å². The Morgan fingerprint density at radius 1 is 1.09 bits per heavy atom. The molecule has 0 bridgehead atoms. The van der Waals surface area contributed by atoms with Crippen molar-refractivity contribution in [3.63, 3.8) is 0 Å². The number of fused-ring (bicyclic) bond motifs is 1. The molecule has 2 rings (SSSR count). The van der Waals surface area contributed by atoms with E-state index in [-0.39, 0.29) is 17.3 Å². The van der Waals surface area contributed by atoms with Crippen LogP contribution >= 0.6 is 12.4 Å². The number of ether oxygens (including phenoxy) is 2. The number of hydrogen-bond donors (Lipinski definition) is 2. The van der Waals surface area contributed by atoms with Crippen LogP contribution in [0.2, 0.25) is 0 Å². The maximum absolute atomic E-state index is 12.2. The van der Waals surface area contributed by atoms with Crippen LogP contribution in [0.25, 0.3) is 0 Å². The van der Waals surface area contributed by atoms with Crippen molar-refractivity contribution in [2.75, 3.05) is 32.8 Å². The van der Waals surface area contributed by atoms with Crippen molar-refractivity contribution >= 4 is 22.4 Å². The Morgan fingerprint density at radius 3 is 2.55 bits per heavy atom. The molecule has 126 valence electrons. The highest BCUT2D eigenvalue weighted by Crippen LogP contribution is 2.31. The van der Waals surface area contributed by atoms with Gasteiger partial charge in [0.2, 0.25) is 10.0 Å². The van der Waals surface area contributed by atoms with E-state index in [0.717, 1.165) is 19.4 Å². The van der Waals surface area contributed by atoms with Crippen LogP contribution in [0.5, 0.6) is 11.5 Å². The van der Waals surface area contributed by atoms with E-state index in [4.69, 9.17) is 9.47 Å². The van der Waals surface area contributed by atoms with E-state index in [1.165, 1.54) is 12.1 Å². The summed E-state index contributed by atoms with van der Waals surface area (Å²) in [7, 11) is -3.52. The lowest BCUT2D eigenvalue weighted by atomic mass is 10.3. The zero-order valence-corrected chi connectivity index (χ0v) is 14.3. The molecule has 1 heterocycles. The topological polar surface area (TPSA) is 76.7 Å². The van der Waals surface area contributed by atoms with Gasteiger partial charge in [0.05, 0.1) is 18.1 Å². The van der Waals surface area contributed by atoms with Crippen molar-refractivity contribution in [3.05, 3.63) is 18.2 Å². The van der Waals surface area contributed by atoms with Gasteiger partial charge in [0.15, 0.2) is 11.5 Å². The van der Waals surface area contributed by atoms with Gasteiger partial charge in [-0.1, -0.05) is 6.92 Å². The summed E-state index contributed by atoms with van der Waals surface area (Å²) in [5, 5.41) is 3.15. The zero-order valence-electron chi connectivity index (χ0n) is 12.6. The molecule has 0 saturated carbocycles. The molecule has 0 amide bonds. The lowest BCUT2D eigenvalue weighted by Gasteiger charge is -2.11. The summed E-state index contributed by atoms with van der Waals surface area (Å²) in [5.74, 6) is 1.08. The summed E-state index contributed by atoms with van der Waals surface area (Å²) in [4.78, 5) is 0.197. The fourth-order valence-corrected chi connectivity index (χ4v) is 3.02. The Labute approximate surface area is 138 Å². The highest BCUT2D eigenvalue weighted by atomic mass is 35.5. The first-order valence-corrected chi connectivity index (χ1v) is 8.72. The summed E-state index contributed by atoms with van der Waals surface area (Å²) >= 11 is 0. The summed E-state index contributed by atoms with van der Waals surface area (Å²) in [5.41, 5.74) is 0. The minimum absolute atomic E-state index is 0. The molecular weight excluding hydrogens is 328 g/mol. The van der Waals surface area contributed by atoms with Crippen LogP contribution in [0.15, 0.2) is 23.1 Å². The predicted octanol–water partition coefficient (Wildman–Crippen LogP) is 1.55. The van der Waals surface area contributed by atoms with Gasteiger partial charge in [0, 0.05) is 25.6 Å². The minimum atomic E-state index is -3.52. The molecule has 1 aliphatic rings. The van der Waals surface area contributed by atoms with Crippen LogP contribution in [-0.4, -0.2) is 41.3 Å². The summed E-state index contributed by atoms with van der Waals surface area (Å²) in [6.45, 7) is 5.03. The lowest BCUT2D eigenvalue weighted by molar-refractivity contribution is 0.297. The molecule has 2 N–H and O–H groups in total. The van der Waals surface area contributed by atoms with Gasteiger partial charge >= 0.3 is 0 Å². The first-order chi connectivity index (χ1) is 10.1. The first-order valence-electron chi connectivity index (χ1n) is 7.23. The molecule has 0 fully saturated rings. The maximum Gasteiger partial charge on any atom is 0.240 e. The third-order valence-corrected chi connectivity index (χ3v) is 4.51. The van der Waals surface area contributed by atoms with Gasteiger partial charge in [-0.3, -0.25) is 0 Å². The molecule has 1 aromatic rings. The number of hydrogen-bond acceptors (Lipinski definition) is 5. The second kappa shape index (κ2) is 9.19. The summed E-state index contributed by atoms with van der Waals surface area (Å²) in [6, 6.07) is 4.70. The Balaban J connectivity index is 0.00000242. The maximum atomic E-state index is 12.2. The molecule has 0 saturated heterocycles. The molecule has 0 radical (unpaired) electrons. The van der Waals surface area contributed by atoms with Crippen molar-refractivity contribution in [1.29, 1.82) is 0 Å². The van der Waals surface area contributed by atoms with E-state index >= 15 is 0 Å². The second-order valence-electron chi connectivity index (χ2n) is 4.81. The molecule has 0 atom stereocenters. The number of sulfonamides is 1. The summed E-state index contributed by atoms with van der Waals surface area (Å²) in [6.07, 6.45) is 1.81. The zero-order chi connectivity index (χ0) is 15.1. The van der Waals surface area contributed by atoms with Crippen molar-refractivity contribution in [3.8, 4) is 11.5 Å². The van der Waals surface area contributed by atoms with Crippen LogP contribution in [0.4, 0.5) is 0 Å². The van der Waals surface area contributed by atoms with Crippen molar-refractivity contribution in [1.82, 2.24) is 10.0 Å². The fraction of sp³-hybridized carbons (Fsp3) is 0.571. The fourth-order valence-electron chi connectivity index (χ4n) is 1.97. The Morgan fingerprint density at radius 2 is 1.82 bits per heavy atom. The molecule has 8 heteroatoms. The molecule has 6 nitrogen and oxygen atoms in total. The van der Waals surface area contributed by atoms with Crippen LogP contribution in [0.1, 0.15) is 19.8 Å². The number of nitrogens with one attached hydrogen (secondary N) is 2. The van der Waals surface area contributed by atoms with Crippen molar-refractivity contribution < 1.29 is 17.9 Å². The molecule has 0 aliphatic carbocycles. The van der Waals surface area contributed by atoms with Crippen LogP contribution in [0.3, 0.4) is 0 Å². The SMILES string of the molecule is CCCNCCNS(=O)(=O)c1ccc2c(c1)OCCCO2.Cl. The van der Waals surface area contributed by atoms with E-state index in [1.54, 1.807) is 6.07 Å². The van der Waals surface area contributed by atoms with E-state index in [0.29, 0.717) is 37.8 Å². The van der Waals surface area contributed by atoms with Gasteiger partial charge in [-0.2, -0.15) is 0 Å². The third kappa shape index (κ3) is 5.31. The average Bonchev–Trinajstić information content (AvgIpc) is 2.71. The van der Waals surface area contributed by atoms with Gasteiger partial charge in [0.25, 0.3) is 0 Å². The van der Waals surface area contributed by atoms with Gasteiger partial charge in [-0.15, -0.1) is 12.4 Å². The number of halogens is 1. The standard InChI is InChI=1S/C14H22N2O4S.ClH/c1-2-6-15-7-8-16-21(17,18)12-4-5-13-14(11-12)20-10-3-9-19-13;/h4-5,11,15-16H,2-3,6-10H2,1H3;1H. The predicted molar refractivity (Wildman–Crippen MR) is 87.6 cm³/mol. The van der Waals surface area contributed by atoms with Crippen LogP contribution < -0.4 is 19.5 Å². The first kappa shape index (κ1) is 19.0. The van der Waals surface area contributed by atoms with Crippen molar-refractivity contribution in [2.24, 2.45) is 0 Å². The molecular formula is C14H23ClN2O4S. The van der Waals surface area contributed by atoms with Gasteiger partial charge < -0.3 is 14.8 Å². The Bertz CT molecular complexity index is 566. The van der Waals surface area contributed by atoms with Gasteiger partial charge in [-0.25, -0.2) is 13.1 Å². The Kier molecular flexibility index (Phi) is 7.95. The van der Waals surface area contributed by atoms with Crippen molar-refractivity contribution in [2.45, 2.75) is 24.7 Å². The molecule has 1 aliphatic heterocycles. The Hall–Kier alpha value is -1.02. The quantitative estimate of drug-likeness (QED) is 0.730. The molecule has 0 aromatic heterocycles. The minimum Gasteiger partial charge on any atom is -0.490 e. The highest BCUT2D eigenvalue weighted by molar-refractivity contribution is 7.89. The van der Waals surface area contributed by atoms with E-state index < -0.39 is 10.0 Å². The van der Waals surface area contributed by atoms with Crippen LogP contribution in [0, 0.1) is 0 Å². The van der Waals surface area contributed by atoms with Gasteiger partial charge in [0.1, 0.15) is 0 Å². The van der Waals surface area contributed by atoms with E-state index in [9.17, 15) is 8.42 Å². The number of benzene rings is 1. The smallest absolute Gasteiger partial charge is 0.240 e. The van der Waals surface area contributed by atoms with Crippen LogP contribution in [-0.2, 0) is 10.0 Å². The monoisotopic (exact) mass is 350 g/mol. The van der Waals surface area contributed by atoms with E-state index in [1.807, 2.05) is 0 Å². The third-order valence-electron chi connectivity index (χ3n) is 3.05. The molecule has 22 heavy (non-hydrogen) atoms. The summed E-state index contributed by atoms with van der Waals surface area (Å²) < 4.78 is 38.0. The molecule has 1 aromatic carbocycles. The lowest BCUT2D eigenvalue weighted by Crippen LogP contribution is -2.32. The largest absolute Gasteiger partial charge is 0.490 e. The van der Waals surface area contributed by atoms with E-state index in [2.05, 4.69) is 17.0 Å². The second-order valence-corrected chi connectivity index (χ2v) is 6.57. The molecule has 0 spiro atoms. The normalized spacial score (nSPS) is 14.0. The average molecular weight is 351 g/mol. The number of rotatable bonds is 7.